The molecule has 9 heteroatoms. The number of hydrogen-bond acceptors (Lipinski definition) is 9. The highest BCUT2D eigenvalue weighted by Gasteiger charge is 2.22. The summed E-state index contributed by atoms with van der Waals surface area (Å²) in [5, 5.41) is 0. The molecule has 5 aromatic carbocycles. The van der Waals surface area contributed by atoms with Gasteiger partial charge in [-0.05, 0) is 69.5 Å². The lowest BCUT2D eigenvalue weighted by Crippen LogP contribution is -2.31. The Morgan fingerprint density at radius 1 is 0.393 bits per heavy atom. The number of para-hydroxylation sites is 5. The lowest BCUT2D eigenvalue weighted by atomic mass is 9.91. The number of benzene rings is 5. The van der Waals surface area contributed by atoms with Crippen LogP contribution < -0.4 is 23.8 Å². The van der Waals surface area contributed by atoms with E-state index in [1.807, 2.05) is 6.07 Å². The van der Waals surface area contributed by atoms with Crippen molar-refractivity contribution >= 4 is 5.69 Å². The second-order valence-corrected chi connectivity index (χ2v) is 15.5. The summed E-state index contributed by atoms with van der Waals surface area (Å²) in [6, 6.07) is 36.4. The van der Waals surface area contributed by atoms with Crippen LogP contribution >= 0.6 is 0 Å². The van der Waals surface area contributed by atoms with Crippen LogP contribution in [0.5, 0.6) is 23.0 Å². The second-order valence-electron chi connectivity index (χ2n) is 15.5. The Kier molecular flexibility index (Phi) is 17.2. The summed E-state index contributed by atoms with van der Waals surface area (Å²) >= 11 is 0. The van der Waals surface area contributed by atoms with E-state index in [2.05, 4.69) is 116 Å². The predicted molar refractivity (Wildman–Crippen MR) is 241 cm³/mol. The number of anilines is 1. The van der Waals surface area contributed by atoms with Crippen LogP contribution in [0, 0.1) is 0 Å². The van der Waals surface area contributed by atoms with Gasteiger partial charge in [0.2, 0.25) is 0 Å². The van der Waals surface area contributed by atoms with E-state index in [-0.39, 0.29) is 0 Å². The fourth-order valence-corrected chi connectivity index (χ4v) is 8.04. The SMILES string of the molecule is CCCOc1c2cccc1Cc1cccc3c1OCCOCCOCCN(c1ccccc1)CCOCCOCCOc1c(cccc1Cc1cccc(c1OCCC)C3)C2. The van der Waals surface area contributed by atoms with Gasteiger partial charge in [-0.25, -0.2) is 0 Å². The van der Waals surface area contributed by atoms with E-state index in [0.717, 1.165) is 99.1 Å². The molecule has 0 fully saturated rings. The molecule has 9 nitrogen and oxygen atoms in total. The topological polar surface area (TPSA) is 77.1 Å². The van der Waals surface area contributed by atoms with Crippen LogP contribution in [0.3, 0.4) is 0 Å². The first-order valence-corrected chi connectivity index (χ1v) is 22.3. The number of rotatable bonds is 7. The maximum absolute atomic E-state index is 6.75. The molecule has 0 atom stereocenters. The largest absolute Gasteiger partial charge is 0.493 e. The lowest BCUT2D eigenvalue weighted by molar-refractivity contribution is 0.0345. The van der Waals surface area contributed by atoms with Crippen molar-refractivity contribution in [2.75, 3.05) is 97.3 Å². The molecule has 61 heavy (non-hydrogen) atoms. The van der Waals surface area contributed by atoms with Crippen molar-refractivity contribution in [1.82, 2.24) is 0 Å². The fraction of sp³-hybridized carbons (Fsp3) is 0.423. The molecule has 1 aliphatic carbocycles. The Hall–Kier alpha value is -5.06. The Morgan fingerprint density at radius 2 is 0.738 bits per heavy atom. The number of hydrogen-bond donors (Lipinski definition) is 0. The van der Waals surface area contributed by atoms with Gasteiger partial charge in [-0.2, -0.15) is 0 Å². The van der Waals surface area contributed by atoms with E-state index >= 15 is 0 Å². The number of nitrogens with zero attached hydrogens (tertiary/aromatic N) is 1. The molecule has 0 saturated heterocycles. The number of fused-ring (bicyclic) bond motifs is 18. The smallest absolute Gasteiger partial charge is 0.126 e. The molecule has 0 aromatic heterocycles. The molecule has 0 amide bonds. The summed E-state index contributed by atoms with van der Waals surface area (Å²) in [6.07, 6.45) is 4.40. The highest BCUT2D eigenvalue weighted by molar-refractivity contribution is 5.56. The van der Waals surface area contributed by atoms with Crippen LogP contribution in [0.25, 0.3) is 0 Å². The highest BCUT2D eigenvalue weighted by atomic mass is 16.6. The van der Waals surface area contributed by atoms with Gasteiger partial charge in [0.05, 0.1) is 66.1 Å². The minimum atomic E-state index is 0.409. The van der Waals surface area contributed by atoms with Gasteiger partial charge in [0.15, 0.2) is 0 Å². The molecule has 10 bridgehead atoms. The minimum absolute atomic E-state index is 0.409. The third-order valence-electron chi connectivity index (χ3n) is 11.0. The normalized spacial score (nSPS) is 16.2. The monoisotopic (exact) mass is 829 g/mol. The van der Waals surface area contributed by atoms with Crippen molar-refractivity contribution in [3.05, 3.63) is 148 Å². The van der Waals surface area contributed by atoms with E-state index in [1.165, 1.54) is 0 Å². The molecule has 0 saturated carbocycles. The van der Waals surface area contributed by atoms with E-state index < -0.39 is 0 Å². The average molecular weight is 830 g/mol. The zero-order valence-corrected chi connectivity index (χ0v) is 36.2. The summed E-state index contributed by atoms with van der Waals surface area (Å²) in [7, 11) is 0. The van der Waals surface area contributed by atoms with Crippen molar-refractivity contribution in [2.24, 2.45) is 0 Å². The van der Waals surface area contributed by atoms with Crippen LogP contribution in [0.15, 0.2) is 103 Å². The van der Waals surface area contributed by atoms with Crippen LogP contribution in [-0.4, -0.2) is 92.4 Å². The van der Waals surface area contributed by atoms with Crippen molar-refractivity contribution in [3.63, 3.8) is 0 Å². The lowest BCUT2D eigenvalue weighted by Gasteiger charge is -2.25. The Bertz CT molecular complexity index is 1870. The Balaban J connectivity index is 1.24. The summed E-state index contributed by atoms with van der Waals surface area (Å²) in [4.78, 5) is 2.29. The molecular weight excluding hydrogens is 767 g/mol. The van der Waals surface area contributed by atoms with Gasteiger partial charge in [-0.1, -0.05) is 105 Å². The van der Waals surface area contributed by atoms with Crippen LogP contribution in [0.4, 0.5) is 5.69 Å². The fourth-order valence-electron chi connectivity index (χ4n) is 8.04. The second kappa shape index (κ2) is 23.8. The van der Waals surface area contributed by atoms with Gasteiger partial charge < -0.3 is 42.8 Å². The van der Waals surface area contributed by atoms with E-state index in [0.29, 0.717) is 105 Å². The summed E-state index contributed by atoms with van der Waals surface area (Å²) in [5.74, 6) is 3.62. The first-order valence-electron chi connectivity index (χ1n) is 22.3. The zero-order chi connectivity index (χ0) is 41.9. The molecule has 5 aromatic rings. The standard InChI is InChI=1S/C52H63NO8/c1-3-24-58-49-40-12-8-13-41(49)37-45-17-11-19-47-39-43-15-9-14-42(50(43)59-25-4-2)38-46-18-10-16-44(36-40)51(46)60-34-32-56-30-28-54-26-22-53(48-20-6-5-7-21-48)23-27-55-29-31-57-33-35-61-52(45)47/h5-21H,3-4,22-39H2,1-2H3. The molecule has 8 rings (SSSR count). The maximum Gasteiger partial charge on any atom is 0.126 e. The van der Waals surface area contributed by atoms with Gasteiger partial charge in [0.25, 0.3) is 0 Å². The molecule has 0 spiro atoms. The van der Waals surface area contributed by atoms with Crippen molar-refractivity contribution in [1.29, 1.82) is 0 Å². The van der Waals surface area contributed by atoms with Gasteiger partial charge >= 0.3 is 0 Å². The number of ether oxygens (including phenoxy) is 8. The van der Waals surface area contributed by atoms with Gasteiger partial charge in [0, 0.05) is 44.5 Å². The minimum Gasteiger partial charge on any atom is -0.493 e. The first kappa shape index (κ1) is 44.0. The third-order valence-corrected chi connectivity index (χ3v) is 11.0. The average Bonchev–Trinajstić information content (AvgIpc) is 3.27. The summed E-state index contributed by atoms with van der Waals surface area (Å²) in [5.41, 5.74) is 10.0. The molecule has 3 aliphatic rings. The molecule has 2 aliphatic heterocycles. The highest BCUT2D eigenvalue weighted by Crippen LogP contribution is 2.39. The summed E-state index contributed by atoms with van der Waals surface area (Å²) in [6.45, 7) is 11.9. The van der Waals surface area contributed by atoms with Gasteiger partial charge in [-0.3, -0.25) is 0 Å². The molecular formula is C52H63NO8. The van der Waals surface area contributed by atoms with E-state index in [1.54, 1.807) is 0 Å². The Morgan fingerprint density at radius 3 is 1.11 bits per heavy atom. The molecule has 0 N–H and O–H groups in total. The molecule has 0 unspecified atom stereocenters. The van der Waals surface area contributed by atoms with Crippen molar-refractivity contribution in [2.45, 2.75) is 52.4 Å². The van der Waals surface area contributed by atoms with Crippen molar-refractivity contribution < 1.29 is 37.9 Å². The van der Waals surface area contributed by atoms with Crippen LogP contribution in [0.1, 0.15) is 71.2 Å². The molecule has 2 heterocycles. The van der Waals surface area contributed by atoms with E-state index in [4.69, 9.17) is 37.9 Å². The Labute approximate surface area is 362 Å². The van der Waals surface area contributed by atoms with Gasteiger partial charge in [0.1, 0.15) is 36.2 Å². The van der Waals surface area contributed by atoms with E-state index in [9.17, 15) is 0 Å². The summed E-state index contributed by atoms with van der Waals surface area (Å²) < 4.78 is 51.0. The molecule has 324 valence electrons. The zero-order valence-electron chi connectivity index (χ0n) is 36.2. The van der Waals surface area contributed by atoms with Crippen molar-refractivity contribution in [3.8, 4) is 23.0 Å². The van der Waals surface area contributed by atoms with Crippen LogP contribution in [-0.2, 0) is 44.6 Å². The first-order chi connectivity index (χ1) is 30.2. The molecule has 0 radical (unpaired) electrons. The maximum atomic E-state index is 6.75. The van der Waals surface area contributed by atoms with Gasteiger partial charge in [-0.15, -0.1) is 0 Å². The third kappa shape index (κ3) is 12.5. The quantitative estimate of drug-likeness (QED) is 0.147. The predicted octanol–water partition coefficient (Wildman–Crippen LogP) is 9.29. The van der Waals surface area contributed by atoms with Crippen LogP contribution in [0.2, 0.25) is 0 Å².